The van der Waals surface area contributed by atoms with Crippen molar-refractivity contribution in [3.8, 4) is 0 Å². The van der Waals surface area contributed by atoms with Crippen LogP contribution in [0.2, 0.25) is 0 Å². The summed E-state index contributed by atoms with van der Waals surface area (Å²) in [5.74, 6) is -2.42. The number of nitrogens with one attached hydrogen (secondary N) is 3. The topological polar surface area (TPSA) is 99.8 Å². The molecule has 3 rings (SSSR count). The van der Waals surface area contributed by atoms with Crippen LogP contribution in [0.5, 0.6) is 0 Å². The van der Waals surface area contributed by atoms with Gasteiger partial charge in [-0.3, -0.25) is 14.5 Å². The van der Waals surface area contributed by atoms with Crippen LogP contribution in [0.25, 0.3) is 0 Å². The molecule has 1 heterocycles. The van der Waals surface area contributed by atoms with Gasteiger partial charge in [0.15, 0.2) is 0 Å². The zero-order chi connectivity index (χ0) is 25.7. The van der Waals surface area contributed by atoms with Crippen molar-refractivity contribution in [3.63, 3.8) is 0 Å². The molecule has 1 fully saturated rings. The monoisotopic (exact) mass is 516 g/mol. The van der Waals surface area contributed by atoms with Gasteiger partial charge < -0.3 is 20.7 Å². The average molecular weight is 516 g/mol. The lowest BCUT2D eigenvalue weighted by molar-refractivity contribution is -0.126. The van der Waals surface area contributed by atoms with Crippen molar-refractivity contribution in [1.29, 1.82) is 0 Å². The number of amides is 2. The number of halogens is 5. The maximum atomic E-state index is 14.7. The van der Waals surface area contributed by atoms with E-state index < -0.39 is 47.2 Å². The Balaban J connectivity index is 1.70. The molecule has 3 N–H and O–H groups in total. The van der Waals surface area contributed by atoms with Gasteiger partial charge in [-0.1, -0.05) is 18.3 Å². The van der Waals surface area contributed by atoms with Crippen molar-refractivity contribution >= 4 is 52.0 Å². The zero-order valence-corrected chi connectivity index (χ0v) is 18.4. The normalized spacial score (nSPS) is 15.2. The fourth-order valence-corrected chi connectivity index (χ4v) is 3.11. The minimum atomic E-state index is -3.27. The van der Waals surface area contributed by atoms with E-state index in [0.29, 0.717) is 0 Å². The molecule has 0 aliphatic carbocycles. The highest BCUT2D eigenvalue weighted by atomic mass is 32.1. The minimum absolute atomic E-state index is 0.0454. The predicted molar refractivity (Wildman–Crippen MR) is 121 cm³/mol. The van der Waals surface area contributed by atoms with Crippen LogP contribution in [0, 0.1) is 5.82 Å². The second-order valence-corrected chi connectivity index (χ2v) is 7.58. The number of cyclic esters (lactones) is 1. The molecule has 0 saturated carbocycles. The van der Waals surface area contributed by atoms with Crippen LogP contribution in [-0.4, -0.2) is 49.0 Å². The van der Waals surface area contributed by atoms with Gasteiger partial charge in [-0.15, -0.1) is 0 Å². The Morgan fingerprint density at radius 2 is 1.83 bits per heavy atom. The van der Waals surface area contributed by atoms with E-state index in [1.807, 2.05) is 5.32 Å². The van der Waals surface area contributed by atoms with Crippen molar-refractivity contribution in [2.45, 2.75) is 19.0 Å². The summed E-state index contributed by atoms with van der Waals surface area (Å²) in [6.07, 6.45) is -7.73. The second kappa shape index (κ2) is 11.1. The number of nitrogens with zero attached hydrogens (tertiary/aromatic N) is 1. The van der Waals surface area contributed by atoms with E-state index in [-0.39, 0.29) is 35.8 Å². The molecule has 14 heteroatoms. The maximum absolute atomic E-state index is 14.7. The molecular weight excluding hydrogens is 499 g/mol. The zero-order valence-electron chi connectivity index (χ0n) is 17.6. The molecule has 2 aromatic rings. The van der Waals surface area contributed by atoms with E-state index in [4.69, 9.17) is 4.74 Å². The summed E-state index contributed by atoms with van der Waals surface area (Å²) in [6, 6.07) is 8.28. The number of anilines is 4. The fraction of sp³-hybridized carbons (Fsp3) is 0.238. The van der Waals surface area contributed by atoms with Gasteiger partial charge in [-0.05, 0) is 30.3 Å². The summed E-state index contributed by atoms with van der Waals surface area (Å²) >= 11 is 4.46. The molecule has 1 saturated heterocycles. The van der Waals surface area contributed by atoms with Crippen molar-refractivity contribution < 1.29 is 36.3 Å². The summed E-state index contributed by atoms with van der Waals surface area (Å²) < 4.78 is 69.5. The molecule has 186 valence electrons. The summed E-state index contributed by atoms with van der Waals surface area (Å²) in [6.45, 7) is -0.194. The molecule has 2 aromatic carbocycles. The highest BCUT2D eigenvalue weighted by Gasteiger charge is 2.33. The molecule has 1 atom stereocenters. The van der Waals surface area contributed by atoms with Crippen molar-refractivity contribution in [2.75, 3.05) is 28.6 Å². The summed E-state index contributed by atoms with van der Waals surface area (Å²) in [5, 5.41) is 6.74. The first kappa shape index (κ1) is 25.8. The van der Waals surface area contributed by atoms with Crippen LogP contribution in [0.15, 0.2) is 47.3 Å². The van der Waals surface area contributed by atoms with Crippen molar-refractivity contribution in [3.05, 3.63) is 58.5 Å². The third-order valence-electron chi connectivity index (χ3n) is 4.67. The molecular formula is C21H17F5N4O4S. The molecule has 1 aliphatic rings. The molecule has 0 radical (unpaired) electrons. The van der Waals surface area contributed by atoms with Crippen LogP contribution in [0.4, 0.5) is 49.5 Å². The summed E-state index contributed by atoms with van der Waals surface area (Å²) in [7, 11) is 0. The molecule has 0 unspecified atom stereocenters. The molecule has 0 aromatic heterocycles. The van der Waals surface area contributed by atoms with Crippen LogP contribution >= 0.6 is 12.2 Å². The molecule has 2 amide bonds. The van der Waals surface area contributed by atoms with Gasteiger partial charge in [0, 0.05) is 11.8 Å². The Kier molecular flexibility index (Phi) is 8.17. The highest BCUT2D eigenvalue weighted by molar-refractivity contribution is 7.80. The van der Waals surface area contributed by atoms with E-state index in [1.54, 1.807) is 0 Å². The van der Waals surface area contributed by atoms with Crippen molar-refractivity contribution in [2.24, 2.45) is 0 Å². The molecule has 8 nitrogen and oxygen atoms in total. The van der Waals surface area contributed by atoms with Crippen LogP contribution < -0.4 is 26.3 Å². The first-order chi connectivity index (χ1) is 16.5. The van der Waals surface area contributed by atoms with Gasteiger partial charge in [0.1, 0.15) is 16.9 Å². The molecule has 35 heavy (non-hydrogen) atoms. The quantitative estimate of drug-likeness (QED) is 0.364. The number of rotatable bonds is 8. The third-order valence-corrected chi connectivity index (χ3v) is 4.99. The van der Waals surface area contributed by atoms with Crippen LogP contribution in [0.3, 0.4) is 0 Å². The Morgan fingerprint density at radius 1 is 1.09 bits per heavy atom. The first-order valence-corrected chi connectivity index (χ1v) is 10.3. The third kappa shape index (κ3) is 6.62. The van der Waals surface area contributed by atoms with Gasteiger partial charge in [-0.25, -0.2) is 18.0 Å². The van der Waals surface area contributed by atoms with E-state index in [2.05, 4.69) is 22.9 Å². The summed E-state index contributed by atoms with van der Waals surface area (Å²) in [5.41, 5.74) is -1.02. The largest absolute Gasteiger partial charge is 0.442 e. The minimum Gasteiger partial charge on any atom is -0.442 e. The number of carbonyl (C=O) groups is 2. The number of benzene rings is 1. The van der Waals surface area contributed by atoms with Crippen molar-refractivity contribution in [1.82, 2.24) is 5.32 Å². The SMILES string of the molecule is O=C(Nc1cccc(Nc2ccc(N3C[C@H](CNC(=S)C(F)F)OC3=O)cc2F)c(=O)c1)C(F)F. The summed E-state index contributed by atoms with van der Waals surface area (Å²) in [4.78, 5) is 36.0. The molecule has 0 bridgehead atoms. The first-order valence-electron chi connectivity index (χ1n) is 9.89. The van der Waals surface area contributed by atoms with E-state index in [0.717, 1.165) is 17.0 Å². The number of thiocarbonyl (C=S) groups is 1. The van der Waals surface area contributed by atoms with E-state index >= 15 is 0 Å². The van der Waals surface area contributed by atoms with Gasteiger partial charge in [0.25, 0.3) is 12.3 Å². The maximum Gasteiger partial charge on any atom is 0.414 e. The average Bonchev–Trinajstić information content (AvgIpc) is 3.08. The van der Waals surface area contributed by atoms with Gasteiger partial charge in [0.2, 0.25) is 5.43 Å². The number of hydrogen-bond donors (Lipinski definition) is 3. The molecule has 1 aliphatic heterocycles. The number of carbonyl (C=O) groups excluding carboxylic acids is 2. The predicted octanol–water partition coefficient (Wildman–Crippen LogP) is 3.64. The fourth-order valence-electron chi connectivity index (χ4n) is 3.02. The Hall–Kier alpha value is -3.81. The Labute approximate surface area is 200 Å². The number of alkyl halides is 4. The van der Waals surface area contributed by atoms with Gasteiger partial charge >= 0.3 is 12.5 Å². The van der Waals surface area contributed by atoms with Crippen LogP contribution in [-0.2, 0) is 9.53 Å². The van der Waals surface area contributed by atoms with E-state index in [1.165, 1.54) is 30.3 Å². The van der Waals surface area contributed by atoms with Gasteiger partial charge in [0.05, 0.1) is 30.2 Å². The lowest BCUT2D eigenvalue weighted by atomic mass is 10.2. The number of ether oxygens (including phenoxy) is 1. The number of hydrogen-bond acceptors (Lipinski definition) is 6. The Bertz CT molecular complexity index is 1200. The Morgan fingerprint density at radius 3 is 2.49 bits per heavy atom. The lowest BCUT2D eigenvalue weighted by Crippen LogP contribution is -2.36. The second-order valence-electron chi connectivity index (χ2n) is 7.14. The van der Waals surface area contributed by atoms with Crippen LogP contribution in [0.1, 0.15) is 0 Å². The van der Waals surface area contributed by atoms with Gasteiger partial charge in [-0.2, -0.15) is 8.78 Å². The lowest BCUT2D eigenvalue weighted by Gasteiger charge is -2.15. The smallest absolute Gasteiger partial charge is 0.414 e. The highest BCUT2D eigenvalue weighted by Crippen LogP contribution is 2.27. The standard InChI is InChI=1S/C21H17F5N4O4S/c22-13-7-11(30-9-12(34-21(30)33)8-27-20(35)18(25)26)4-5-14(13)29-15-3-1-2-10(6-16(15)31)28-19(32)17(23)24/h1-7,12,17-18H,8-9H2,(H,27,35)(H,28,32)(H,29,31)/t12-/m0/s1. The molecule has 0 spiro atoms. The van der Waals surface area contributed by atoms with E-state index in [9.17, 15) is 36.3 Å².